The van der Waals surface area contributed by atoms with E-state index in [1.807, 2.05) is 0 Å². The van der Waals surface area contributed by atoms with Crippen molar-refractivity contribution in [3.8, 4) is 12.0 Å². The fourth-order valence-corrected chi connectivity index (χ4v) is 1.17. The third kappa shape index (κ3) is 2.71. The number of sulfonamides is 1. The summed E-state index contributed by atoms with van der Waals surface area (Å²) >= 11 is 0. The number of hydrogen-bond donors (Lipinski definition) is 2. The minimum absolute atomic E-state index is 0.284. The Morgan fingerprint density at radius 2 is 2.20 bits per heavy atom. The van der Waals surface area contributed by atoms with Crippen LogP contribution in [0.3, 0.4) is 0 Å². The largest absolute Gasteiger partial charge is 0.462 e. The molecule has 5 heteroatoms. The van der Waals surface area contributed by atoms with Crippen LogP contribution in [-0.2, 0) is 10.0 Å². The van der Waals surface area contributed by atoms with E-state index in [1.165, 1.54) is 6.11 Å². The molecule has 58 valence electrons. The first-order chi connectivity index (χ1) is 4.52. The van der Waals surface area contributed by atoms with E-state index < -0.39 is 15.3 Å². The number of rotatable bonds is 2. The van der Waals surface area contributed by atoms with Crippen LogP contribution in [0.15, 0.2) is 0 Å². The standard InChI is InChI=1S/C5H9NO3S/c1-2-5(3-4-7)10(6,8)9/h5,7H,2H2,1H3,(H2,6,8,9). The molecule has 1 atom stereocenters. The van der Waals surface area contributed by atoms with Gasteiger partial charge in [0.1, 0.15) is 11.4 Å². The van der Waals surface area contributed by atoms with Gasteiger partial charge < -0.3 is 5.11 Å². The fraction of sp³-hybridized carbons (Fsp3) is 0.600. The van der Waals surface area contributed by atoms with Crippen LogP contribution in [0.4, 0.5) is 0 Å². The first-order valence-electron chi connectivity index (χ1n) is 2.68. The smallest absolute Gasteiger partial charge is 0.223 e. The van der Waals surface area contributed by atoms with Crippen LogP contribution in [0.1, 0.15) is 13.3 Å². The maximum absolute atomic E-state index is 10.5. The second-order valence-corrected chi connectivity index (χ2v) is 3.49. The third-order valence-corrected chi connectivity index (χ3v) is 2.24. The van der Waals surface area contributed by atoms with E-state index in [0.717, 1.165) is 0 Å². The molecule has 0 aromatic heterocycles. The molecule has 0 aliphatic heterocycles. The predicted molar refractivity (Wildman–Crippen MR) is 36.9 cm³/mol. The van der Waals surface area contributed by atoms with Crippen LogP contribution in [0.5, 0.6) is 0 Å². The minimum atomic E-state index is -3.61. The molecule has 0 spiro atoms. The molecule has 1 unspecified atom stereocenters. The minimum Gasteiger partial charge on any atom is -0.462 e. The predicted octanol–water partition coefficient (Wildman–Crippen LogP) is -0.613. The van der Waals surface area contributed by atoms with Gasteiger partial charge in [-0.3, -0.25) is 0 Å². The van der Waals surface area contributed by atoms with Gasteiger partial charge in [0.15, 0.2) is 0 Å². The van der Waals surface area contributed by atoms with Gasteiger partial charge in [0, 0.05) is 0 Å². The molecule has 0 amide bonds. The molecular formula is C5H9NO3S. The molecule has 0 aromatic carbocycles. The van der Waals surface area contributed by atoms with Crippen LogP contribution < -0.4 is 5.14 Å². The highest BCUT2D eigenvalue weighted by molar-refractivity contribution is 7.90. The lowest BCUT2D eigenvalue weighted by Gasteiger charge is -2.01. The van der Waals surface area contributed by atoms with E-state index in [1.54, 1.807) is 6.92 Å². The van der Waals surface area contributed by atoms with Crippen molar-refractivity contribution in [3.05, 3.63) is 0 Å². The van der Waals surface area contributed by atoms with Crippen LogP contribution in [0, 0.1) is 12.0 Å². The van der Waals surface area contributed by atoms with Gasteiger partial charge in [-0.15, -0.1) is 0 Å². The summed E-state index contributed by atoms with van der Waals surface area (Å²) in [5.74, 6) is 2.06. The van der Waals surface area contributed by atoms with Crippen LogP contribution in [0.2, 0.25) is 0 Å². The summed E-state index contributed by atoms with van der Waals surface area (Å²) in [5, 5.41) is 11.8. The number of primary sulfonamides is 1. The molecule has 0 aromatic rings. The van der Waals surface area contributed by atoms with E-state index in [9.17, 15) is 8.42 Å². The zero-order valence-corrected chi connectivity index (χ0v) is 6.35. The Labute approximate surface area is 60.1 Å². The van der Waals surface area contributed by atoms with Crippen molar-refractivity contribution in [1.82, 2.24) is 0 Å². The number of aliphatic hydroxyl groups excluding tert-OH is 1. The van der Waals surface area contributed by atoms with E-state index in [4.69, 9.17) is 10.2 Å². The Kier molecular flexibility index (Phi) is 3.19. The van der Waals surface area contributed by atoms with Crippen molar-refractivity contribution in [2.45, 2.75) is 18.6 Å². The van der Waals surface area contributed by atoms with Crippen LogP contribution in [0.25, 0.3) is 0 Å². The molecule has 0 bridgehead atoms. The van der Waals surface area contributed by atoms with Gasteiger partial charge >= 0.3 is 0 Å². The van der Waals surface area contributed by atoms with E-state index in [2.05, 4.69) is 5.92 Å². The van der Waals surface area contributed by atoms with Gasteiger partial charge in [0.2, 0.25) is 10.0 Å². The highest BCUT2D eigenvalue weighted by Crippen LogP contribution is 1.98. The lowest BCUT2D eigenvalue weighted by Crippen LogP contribution is -2.26. The first kappa shape index (κ1) is 9.27. The quantitative estimate of drug-likeness (QED) is 0.533. The monoisotopic (exact) mass is 163 g/mol. The first-order valence-corrected chi connectivity index (χ1v) is 4.29. The lowest BCUT2D eigenvalue weighted by molar-refractivity contribution is 0.515. The van der Waals surface area contributed by atoms with Crippen molar-refractivity contribution >= 4 is 10.0 Å². The molecule has 3 N–H and O–H groups in total. The highest BCUT2D eigenvalue weighted by Gasteiger charge is 2.15. The summed E-state index contributed by atoms with van der Waals surface area (Å²) in [7, 11) is -3.61. The molecule has 0 rings (SSSR count). The van der Waals surface area contributed by atoms with Crippen molar-refractivity contribution in [3.63, 3.8) is 0 Å². The summed E-state index contributed by atoms with van der Waals surface area (Å²) in [4.78, 5) is 0. The van der Waals surface area contributed by atoms with Gasteiger partial charge in [-0.25, -0.2) is 13.6 Å². The van der Waals surface area contributed by atoms with E-state index >= 15 is 0 Å². The average molecular weight is 163 g/mol. The van der Waals surface area contributed by atoms with Crippen molar-refractivity contribution in [1.29, 1.82) is 0 Å². The van der Waals surface area contributed by atoms with Crippen LogP contribution >= 0.6 is 0 Å². The molecule has 0 aliphatic rings. The molecule has 0 saturated heterocycles. The topological polar surface area (TPSA) is 80.4 Å². The average Bonchev–Trinajstić information content (AvgIpc) is 1.80. The Bertz CT molecular complexity index is 246. The maximum atomic E-state index is 10.5. The SMILES string of the molecule is CCC(C#CO)S(N)(=O)=O. The summed E-state index contributed by atoms with van der Waals surface area (Å²) < 4.78 is 21.0. The fourth-order valence-electron chi connectivity index (χ4n) is 0.488. The zero-order valence-electron chi connectivity index (χ0n) is 5.53. The van der Waals surface area contributed by atoms with Gasteiger partial charge in [-0.05, 0) is 12.3 Å². The molecule has 4 nitrogen and oxygen atoms in total. The molecule has 0 fully saturated rings. The Balaban J connectivity index is 4.49. The molecule has 0 saturated carbocycles. The second-order valence-electron chi connectivity index (χ2n) is 1.74. The molecule has 0 radical (unpaired) electrons. The van der Waals surface area contributed by atoms with E-state index in [0.29, 0.717) is 0 Å². The summed E-state index contributed by atoms with van der Waals surface area (Å²) in [5.41, 5.74) is 0. The zero-order chi connectivity index (χ0) is 8.20. The van der Waals surface area contributed by atoms with Crippen LogP contribution in [-0.4, -0.2) is 18.8 Å². The molecule has 10 heavy (non-hydrogen) atoms. The highest BCUT2D eigenvalue weighted by atomic mass is 32.2. The molecular weight excluding hydrogens is 154 g/mol. The third-order valence-electron chi connectivity index (χ3n) is 0.993. The Morgan fingerprint density at radius 3 is 2.30 bits per heavy atom. The van der Waals surface area contributed by atoms with Gasteiger partial charge in [-0.2, -0.15) is 0 Å². The number of nitrogens with two attached hydrogens (primary N) is 1. The molecule has 0 heterocycles. The number of hydrogen-bond acceptors (Lipinski definition) is 3. The van der Waals surface area contributed by atoms with Crippen molar-refractivity contribution < 1.29 is 13.5 Å². The lowest BCUT2D eigenvalue weighted by atomic mass is 10.3. The maximum Gasteiger partial charge on any atom is 0.223 e. The van der Waals surface area contributed by atoms with Crippen molar-refractivity contribution in [2.24, 2.45) is 5.14 Å². The molecule has 0 aliphatic carbocycles. The summed E-state index contributed by atoms with van der Waals surface area (Å²) in [6.45, 7) is 1.62. The van der Waals surface area contributed by atoms with E-state index in [-0.39, 0.29) is 6.42 Å². The Morgan fingerprint density at radius 1 is 1.70 bits per heavy atom. The van der Waals surface area contributed by atoms with Crippen molar-refractivity contribution in [2.75, 3.05) is 0 Å². The van der Waals surface area contributed by atoms with Gasteiger partial charge in [0.05, 0.1) is 0 Å². The summed E-state index contributed by atoms with van der Waals surface area (Å²) in [6.07, 6.45) is 1.80. The normalized spacial score (nSPS) is 13.4. The Hall–Kier alpha value is -0.730. The van der Waals surface area contributed by atoms with Gasteiger partial charge in [-0.1, -0.05) is 6.92 Å². The number of aliphatic hydroxyl groups is 1. The summed E-state index contributed by atoms with van der Waals surface area (Å²) in [6, 6.07) is 0. The second kappa shape index (κ2) is 3.44. The van der Waals surface area contributed by atoms with Gasteiger partial charge in [0.25, 0.3) is 0 Å².